The third-order valence-corrected chi connectivity index (χ3v) is 6.46. The van der Waals surface area contributed by atoms with Crippen LogP contribution >= 0.6 is 31.9 Å². The summed E-state index contributed by atoms with van der Waals surface area (Å²) in [7, 11) is 0. The van der Waals surface area contributed by atoms with E-state index in [1.165, 1.54) is 31.7 Å². The number of hydrogen-bond acceptors (Lipinski definition) is 4. The lowest BCUT2D eigenvalue weighted by atomic mass is 10.1. The van der Waals surface area contributed by atoms with Crippen molar-refractivity contribution in [2.45, 2.75) is 78.1 Å². The number of carbonyl (C=O) groups is 2. The summed E-state index contributed by atoms with van der Waals surface area (Å²) in [5.74, 6) is -0.852. The van der Waals surface area contributed by atoms with Crippen molar-refractivity contribution in [2.75, 3.05) is 13.2 Å². The average molecular weight is 520 g/mol. The minimum absolute atomic E-state index is 0.331. The first-order valence-electron chi connectivity index (χ1n) is 10.3. The molecule has 0 aliphatic carbocycles. The van der Waals surface area contributed by atoms with Gasteiger partial charge in [-0.25, -0.2) is 9.59 Å². The summed E-state index contributed by atoms with van der Waals surface area (Å²) >= 11 is 6.79. The van der Waals surface area contributed by atoms with E-state index < -0.39 is 11.9 Å². The van der Waals surface area contributed by atoms with Gasteiger partial charge in [0.15, 0.2) is 0 Å². The number of hydrogen-bond donors (Lipinski definition) is 0. The van der Waals surface area contributed by atoms with Crippen LogP contribution in [-0.2, 0) is 9.47 Å². The molecule has 0 saturated heterocycles. The van der Waals surface area contributed by atoms with Gasteiger partial charge < -0.3 is 9.47 Å². The number of benzene rings is 1. The van der Waals surface area contributed by atoms with E-state index in [9.17, 15) is 9.59 Å². The average Bonchev–Trinajstić information content (AvgIpc) is 2.68. The van der Waals surface area contributed by atoms with Gasteiger partial charge in [-0.1, -0.05) is 65.2 Å². The summed E-state index contributed by atoms with van der Waals surface area (Å²) in [6.07, 6.45) is 10.9. The standard InChI is InChI=1S/C22H32Br2O4/c1-3-5-7-9-11-13-27-21(25)17-15-18(20(24)19(23)16-17)22(26)28-14-12-10-8-6-4-2/h15-16H,3-14H2,1-2H3. The molecule has 0 bridgehead atoms. The highest BCUT2D eigenvalue weighted by molar-refractivity contribution is 9.13. The molecule has 0 N–H and O–H groups in total. The van der Waals surface area contributed by atoms with E-state index in [0.717, 1.165) is 38.5 Å². The van der Waals surface area contributed by atoms with Crippen LogP contribution in [0.4, 0.5) is 0 Å². The predicted octanol–water partition coefficient (Wildman–Crippen LogP) is 7.47. The minimum Gasteiger partial charge on any atom is -0.462 e. The van der Waals surface area contributed by atoms with E-state index in [1.54, 1.807) is 6.07 Å². The number of esters is 2. The SMILES string of the molecule is CCCCCCCOC(=O)c1cc(Br)c(Br)c(C(=O)OCCCCCCC)c1. The topological polar surface area (TPSA) is 52.6 Å². The number of unbranched alkanes of at least 4 members (excludes halogenated alkanes) is 8. The molecule has 0 atom stereocenters. The second kappa shape index (κ2) is 15.0. The summed E-state index contributed by atoms with van der Waals surface area (Å²) in [4.78, 5) is 24.7. The molecule has 6 heteroatoms. The van der Waals surface area contributed by atoms with Crippen molar-refractivity contribution in [1.29, 1.82) is 0 Å². The Morgan fingerprint density at radius 3 is 1.79 bits per heavy atom. The molecule has 0 fully saturated rings. The minimum atomic E-state index is -0.433. The van der Waals surface area contributed by atoms with Crippen molar-refractivity contribution in [1.82, 2.24) is 0 Å². The zero-order valence-corrected chi connectivity index (χ0v) is 20.2. The third-order valence-electron chi connectivity index (χ3n) is 4.45. The molecule has 4 nitrogen and oxygen atoms in total. The number of carbonyl (C=O) groups excluding carboxylic acids is 2. The van der Waals surface area contributed by atoms with Gasteiger partial charge in [0.1, 0.15) is 0 Å². The molecule has 0 amide bonds. The molecule has 0 aliphatic heterocycles. The van der Waals surface area contributed by atoms with E-state index in [-0.39, 0.29) is 0 Å². The first kappa shape index (κ1) is 25.2. The van der Waals surface area contributed by atoms with E-state index in [2.05, 4.69) is 45.7 Å². The summed E-state index contributed by atoms with van der Waals surface area (Å²) in [6.45, 7) is 5.12. The quantitative estimate of drug-likeness (QED) is 0.189. The molecule has 0 aliphatic rings. The first-order valence-corrected chi connectivity index (χ1v) is 11.9. The van der Waals surface area contributed by atoms with Gasteiger partial charge in [0.2, 0.25) is 0 Å². The molecule has 0 saturated carbocycles. The van der Waals surface area contributed by atoms with E-state index in [4.69, 9.17) is 9.47 Å². The molecular weight excluding hydrogens is 488 g/mol. The smallest absolute Gasteiger partial charge is 0.339 e. The fraction of sp³-hybridized carbons (Fsp3) is 0.636. The molecule has 0 spiro atoms. The van der Waals surface area contributed by atoms with Crippen LogP contribution in [0.25, 0.3) is 0 Å². The Labute approximate surface area is 186 Å². The van der Waals surface area contributed by atoms with Crippen molar-refractivity contribution < 1.29 is 19.1 Å². The van der Waals surface area contributed by atoms with Gasteiger partial charge >= 0.3 is 11.9 Å². The van der Waals surface area contributed by atoms with Crippen LogP contribution in [-0.4, -0.2) is 25.2 Å². The Morgan fingerprint density at radius 1 is 0.750 bits per heavy atom. The Balaban J connectivity index is 2.57. The fourth-order valence-electron chi connectivity index (χ4n) is 2.76. The van der Waals surface area contributed by atoms with Gasteiger partial charge in [0.05, 0.1) is 24.3 Å². The molecule has 0 radical (unpaired) electrons. The van der Waals surface area contributed by atoms with Crippen molar-refractivity contribution in [3.8, 4) is 0 Å². The third kappa shape index (κ3) is 9.55. The van der Waals surface area contributed by atoms with Crippen LogP contribution in [0.15, 0.2) is 21.1 Å². The summed E-state index contributed by atoms with van der Waals surface area (Å²) < 4.78 is 11.9. The van der Waals surface area contributed by atoms with Gasteiger partial charge in [-0.05, 0) is 56.8 Å². The maximum atomic E-state index is 12.4. The molecule has 158 valence electrons. The maximum absolute atomic E-state index is 12.4. The maximum Gasteiger partial charge on any atom is 0.339 e. The Morgan fingerprint density at radius 2 is 1.25 bits per heavy atom. The normalized spacial score (nSPS) is 10.7. The largest absolute Gasteiger partial charge is 0.462 e. The van der Waals surface area contributed by atoms with Gasteiger partial charge in [-0.2, -0.15) is 0 Å². The molecule has 0 aromatic heterocycles. The highest BCUT2D eigenvalue weighted by Gasteiger charge is 2.19. The lowest BCUT2D eigenvalue weighted by Crippen LogP contribution is -2.11. The zero-order chi connectivity index (χ0) is 20.8. The van der Waals surface area contributed by atoms with Gasteiger partial charge in [-0.3, -0.25) is 0 Å². The van der Waals surface area contributed by atoms with Gasteiger partial charge in [-0.15, -0.1) is 0 Å². The predicted molar refractivity (Wildman–Crippen MR) is 120 cm³/mol. The van der Waals surface area contributed by atoms with Crippen molar-refractivity contribution >= 4 is 43.8 Å². The molecule has 1 aromatic carbocycles. The van der Waals surface area contributed by atoms with Crippen LogP contribution in [0, 0.1) is 0 Å². The molecular formula is C22H32Br2O4. The van der Waals surface area contributed by atoms with E-state index >= 15 is 0 Å². The lowest BCUT2D eigenvalue weighted by molar-refractivity contribution is 0.0495. The second-order valence-corrected chi connectivity index (χ2v) is 8.57. The lowest BCUT2D eigenvalue weighted by Gasteiger charge is -2.11. The molecule has 1 rings (SSSR count). The number of ether oxygens (including phenoxy) is 2. The summed E-state index contributed by atoms with van der Waals surface area (Å²) in [6, 6.07) is 3.19. The van der Waals surface area contributed by atoms with Crippen LogP contribution < -0.4 is 0 Å². The van der Waals surface area contributed by atoms with Crippen molar-refractivity contribution in [3.05, 3.63) is 32.2 Å². The molecule has 28 heavy (non-hydrogen) atoms. The molecule has 0 heterocycles. The molecule has 0 unspecified atom stereocenters. The summed E-state index contributed by atoms with van der Waals surface area (Å²) in [5, 5.41) is 0. The fourth-order valence-corrected chi connectivity index (χ4v) is 3.61. The van der Waals surface area contributed by atoms with E-state index in [1.807, 2.05) is 0 Å². The second-order valence-electron chi connectivity index (χ2n) is 6.92. The van der Waals surface area contributed by atoms with Gasteiger partial charge in [0, 0.05) is 8.95 Å². The number of halogens is 2. The van der Waals surface area contributed by atoms with Crippen LogP contribution in [0.3, 0.4) is 0 Å². The monoisotopic (exact) mass is 518 g/mol. The Hall–Kier alpha value is -0.880. The van der Waals surface area contributed by atoms with Crippen molar-refractivity contribution in [3.63, 3.8) is 0 Å². The van der Waals surface area contributed by atoms with Gasteiger partial charge in [0.25, 0.3) is 0 Å². The Bertz CT molecular complexity index is 617. The summed E-state index contributed by atoms with van der Waals surface area (Å²) in [5.41, 5.74) is 0.677. The highest BCUT2D eigenvalue weighted by Crippen LogP contribution is 2.29. The zero-order valence-electron chi connectivity index (χ0n) is 17.0. The molecule has 1 aromatic rings. The highest BCUT2D eigenvalue weighted by atomic mass is 79.9. The first-order chi connectivity index (χ1) is 13.5. The Kier molecular flexibility index (Phi) is 13.5. The van der Waals surface area contributed by atoms with E-state index in [0.29, 0.717) is 33.3 Å². The van der Waals surface area contributed by atoms with Crippen LogP contribution in [0.2, 0.25) is 0 Å². The van der Waals surface area contributed by atoms with Crippen molar-refractivity contribution in [2.24, 2.45) is 0 Å². The van der Waals surface area contributed by atoms with Crippen LogP contribution in [0.5, 0.6) is 0 Å². The van der Waals surface area contributed by atoms with Crippen LogP contribution in [0.1, 0.15) is 98.8 Å². The number of rotatable bonds is 14.